The number of hydrogen-bond acceptors (Lipinski definition) is 3. The molecule has 0 radical (unpaired) electrons. The number of ether oxygens (including phenoxy) is 1. The number of rotatable bonds is 4. The van der Waals surface area contributed by atoms with E-state index in [1.807, 2.05) is 35.0 Å². The average molecular weight is 386 g/mol. The van der Waals surface area contributed by atoms with Crippen molar-refractivity contribution < 1.29 is 9.13 Å². The van der Waals surface area contributed by atoms with Gasteiger partial charge in [0.15, 0.2) is 11.6 Å². The third-order valence-corrected chi connectivity index (χ3v) is 5.18. The van der Waals surface area contributed by atoms with Crippen molar-refractivity contribution in [2.24, 2.45) is 0 Å². The van der Waals surface area contributed by atoms with Crippen molar-refractivity contribution in [3.05, 3.63) is 70.1 Å². The predicted molar refractivity (Wildman–Crippen MR) is 105 cm³/mol. The minimum absolute atomic E-state index is 0.254. The van der Waals surface area contributed by atoms with Gasteiger partial charge in [-0.25, -0.2) is 4.39 Å². The van der Waals surface area contributed by atoms with Gasteiger partial charge < -0.3 is 10.1 Å². The van der Waals surface area contributed by atoms with E-state index in [1.54, 1.807) is 6.07 Å². The number of nitrogens with one attached hydrogen (secondary N) is 1. The Morgan fingerprint density at radius 3 is 2.67 bits per heavy atom. The fourth-order valence-electron chi connectivity index (χ4n) is 3.57. The Bertz CT molecular complexity index is 953. The fourth-order valence-corrected chi connectivity index (χ4v) is 3.70. The molecule has 27 heavy (non-hydrogen) atoms. The van der Waals surface area contributed by atoms with Gasteiger partial charge in [0, 0.05) is 34.8 Å². The number of halogens is 2. The van der Waals surface area contributed by atoms with E-state index in [4.69, 9.17) is 21.4 Å². The van der Waals surface area contributed by atoms with Crippen LogP contribution in [0, 0.1) is 5.82 Å². The monoisotopic (exact) mass is 385 g/mol. The van der Waals surface area contributed by atoms with Crippen molar-refractivity contribution in [3.8, 4) is 17.0 Å². The van der Waals surface area contributed by atoms with Crippen LogP contribution in [0.4, 0.5) is 4.39 Å². The Kier molecular flexibility index (Phi) is 5.14. The largest absolute Gasteiger partial charge is 0.494 e. The third-order valence-electron chi connectivity index (χ3n) is 4.92. The van der Waals surface area contributed by atoms with E-state index in [9.17, 15) is 4.39 Å². The van der Waals surface area contributed by atoms with Crippen LogP contribution >= 0.6 is 11.6 Å². The molecule has 1 aromatic heterocycles. The van der Waals surface area contributed by atoms with Gasteiger partial charge in [-0.2, -0.15) is 5.10 Å². The highest BCUT2D eigenvalue weighted by Gasteiger charge is 2.21. The van der Waals surface area contributed by atoms with Gasteiger partial charge in [0.05, 0.1) is 19.3 Å². The van der Waals surface area contributed by atoms with Crippen molar-refractivity contribution in [2.75, 3.05) is 20.2 Å². The second kappa shape index (κ2) is 7.71. The van der Waals surface area contributed by atoms with Gasteiger partial charge in [-0.05, 0) is 42.8 Å². The molecule has 0 saturated heterocycles. The van der Waals surface area contributed by atoms with E-state index >= 15 is 0 Å². The van der Waals surface area contributed by atoms with Crippen LogP contribution in [0.3, 0.4) is 0 Å². The summed E-state index contributed by atoms with van der Waals surface area (Å²) < 4.78 is 21.1. The van der Waals surface area contributed by atoms with Gasteiger partial charge in [-0.3, -0.25) is 4.68 Å². The van der Waals surface area contributed by atoms with Crippen molar-refractivity contribution in [3.63, 3.8) is 0 Å². The van der Waals surface area contributed by atoms with E-state index in [-0.39, 0.29) is 11.6 Å². The van der Waals surface area contributed by atoms with Crippen LogP contribution in [0.2, 0.25) is 5.02 Å². The lowest BCUT2D eigenvalue weighted by atomic mass is 10.0. The zero-order chi connectivity index (χ0) is 18.8. The van der Waals surface area contributed by atoms with Crippen molar-refractivity contribution in [1.29, 1.82) is 0 Å². The van der Waals surface area contributed by atoms with Gasteiger partial charge in [0.2, 0.25) is 0 Å². The molecule has 0 atom stereocenters. The van der Waals surface area contributed by atoms with Crippen LogP contribution in [-0.4, -0.2) is 30.0 Å². The lowest BCUT2D eigenvalue weighted by molar-refractivity contribution is 0.386. The van der Waals surface area contributed by atoms with Gasteiger partial charge in [-0.15, -0.1) is 0 Å². The highest BCUT2D eigenvalue weighted by atomic mass is 35.5. The van der Waals surface area contributed by atoms with Gasteiger partial charge in [0.25, 0.3) is 0 Å². The van der Waals surface area contributed by atoms with Crippen LogP contribution in [0.5, 0.6) is 5.75 Å². The number of methoxy groups -OCH3 is 1. The number of benzene rings is 2. The molecule has 0 unspecified atom stereocenters. The molecule has 2 heterocycles. The lowest BCUT2D eigenvalue weighted by Gasteiger charge is -2.09. The molecule has 1 aliphatic heterocycles. The van der Waals surface area contributed by atoms with Gasteiger partial charge >= 0.3 is 0 Å². The van der Waals surface area contributed by atoms with E-state index in [2.05, 4.69) is 5.32 Å². The van der Waals surface area contributed by atoms with Crippen LogP contribution < -0.4 is 10.1 Å². The second-order valence-electron chi connectivity index (χ2n) is 6.66. The normalized spacial score (nSPS) is 13.9. The summed E-state index contributed by atoms with van der Waals surface area (Å²) in [6, 6.07) is 12.8. The van der Waals surface area contributed by atoms with Gasteiger partial charge in [0.1, 0.15) is 0 Å². The summed E-state index contributed by atoms with van der Waals surface area (Å²) in [4.78, 5) is 0. The van der Waals surface area contributed by atoms with E-state index in [1.165, 1.54) is 24.4 Å². The average Bonchev–Trinajstić information content (AvgIpc) is 2.84. The molecule has 4 nitrogen and oxygen atoms in total. The smallest absolute Gasteiger partial charge is 0.165 e. The lowest BCUT2D eigenvalue weighted by Crippen LogP contribution is -2.17. The maximum Gasteiger partial charge on any atom is 0.165 e. The second-order valence-corrected chi connectivity index (χ2v) is 7.09. The first-order chi connectivity index (χ1) is 13.2. The first-order valence-electron chi connectivity index (χ1n) is 9.03. The van der Waals surface area contributed by atoms with E-state index in [0.29, 0.717) is 11.6 Å². The third kappa shape index (κ3) is 3.70. The molecule has 0 fully saturated rings. The molecule has 0 aliphatic carbocycles. The molecular formula is C21H21ClFN3O. The standard InChI is InChI=1S/C21H21ClFN3O/c1-27-20-7-2-14(12-18(20)23)13-26-19-9-11-24-10-8-17(19)21(25-26)15-3-5-16(22)6-4-15/h2-7,12,24H,8-11,13H2,1H3. The summed E-state index contributed by atoms with van der Waals surface area (Å²) in [6.45, 7) is 2.36. The molecule has 6 heteroatoms. The Labute approximate surface area is 162 Å². The molecule has 0 spiro atoms. The minimum Gasteiger partial charge on any atom is -0.494 e. The summed E-state index contributed by atoms with van der Waals surface area (Å²) in [5, 5.41) is 9.05. The van der Waals surface area contributed by atoms with Crippen LogP contribution in [0.1, 0.15) is 16.8 Å². The molecule has 1 N–H and O–H groups in total. The SMILES string of the molecule is COc1ccc(Cn2nc(-c3ccc(Cl)cc3)c3c2CCNCC3)cc1F. The summed E-state index contributed by atoms with van der Waals surface area (Å²) in [6.07, 6.45) is 1.82. The number of fused-ring (bicyclic) bond motifs is 1. The van der Waals surface area contributed by atoms with Crippen molar-refractivity contribution in [1.82, 2.24) is 15.1 Å². The Morgan fingerprint density at radius 1 is 1.15 bits per heavy atom. The van der Waals surface area contributed by atoms with Crippen molar-refractivity contribution >= 4 is 11.6 Å². The highest BCUT2D eigenvalue weighted by Crippen LogP contribution is 2.29. The van der Waals surface area contributed by atoms with Crippen molar-refractivity contribution in [2.45, 2.75) is 19.4 Å². The molecule has 4 rings (SSSR count). The molecule has 0 saturated carbocycles. The topological polar surface area (TPSA) is 39.1 Å². The summed E-state index contributed by atoms with van der Waals surface area (Å²) in [7, 11) is 1.47. The molecule has 140 valence electrons. The molecule has 3 aromatic rings. The number of aromatic nitrogens is 2. The van der Waals surface area contributed by atoms with Gasteiger partial charge in [-0.1, -0.05) is 29.8 Å². The fraction of sp³-hybridized carbons (Fsp3) is 0.286. The zero-order valence-electron chi connectivity index (χ0n) is 15.1. The van der Waals surface area contributed by atoms with E-state index < -0.39 is 0 Å². The van der Waals surface area contributed by atoms with Crippen LogP contribution in [0.15, 0.2) is 42.5 Å². The maximum atomic E-state index is 14.1. The first-order valence-corrected chi connectivity index (χ1v) is 9.41. The zero-order valence-corrected chi connectivity index (χ0v) is 15.9. The molecule has 1 aliphatic rings. The predicted octanol–water partition coefficient (Wildman–Crippen LogP) is 4.09. The molecule has 2 aromatic carbocycles. The Balaban J connectivity index is 1.74. The van der Waals surface area contributed by atoms with Crippen LogP contribution in [-0.2, 0) is 19.4 Å². The summed E-state index contributed by atoms with van der Waals surface area (Å²) in [5.41, 5.74) is 5.37. The molecular weight excluding hydrogens is 365 g/mol. The molecule has 0 amide bonds. The Morgan fingerprint density at radius 2 is 1.93 bits per heavy atom. The summed E-state index contributed by atoms with van der Waals surface area (Å²) in [5.74, 6) is -0.100. The van der Waals surface area contributed by atoms with Crippen LogP contribution in [0.25, 0.3) is 11.3 Å². The maximum absolute atomic E-state index is 14.1. The van der Waals surface area contributed by atoms with E-state index in [0.717, 1.165) is 42.8 Å². The quantitative estimate of drug-likeness (QED) is 0.735. The highest BCUT2D eigenvalue weighted by molar-refractivity contribution is 6.30. The number of hydrogen-bond donors (Lipinski definition) is 1. The Hall–Kier alpha value is -2.37. The minimum atomic E-state index is -0.354. The molecule has 0 bridgehead atoms. The summed E-state index contributed by atoms with van der Waals surface area (Å²) >= 11 is 6.04. The first kappa shape index (κ1) is 18.0. The number of nitrogens with zero attached hydrogens (tertiary/aromatic N) is 2.